The monoisotopic (exact) mass is 453 g/mol. The summed E-state index contributed by atoms with van der Waals surface area (Å²) >= 11 is 0. The van der Waals surface area contributed by atoms with Crippen molar-refractivity contribution in [3.8, 4) is 16.9 Å². The van der Waals surface area contributed by atoms with E-state index in [9.17, 15) is 22.8 Å². The zero-order chi connectivity index (χ0) is 23.1. The maximum absolute atomic E-state index is 13.4. The third-order valence-electron chi connectivity index (χ3n) is 5.92. The number of hydrogen-bond acceptors (Lipinski definition) is 6. The van der Waals surface area contributed by atoms with E-state index < -0.39 is 28.9 Å². The summed E-state index contributed by atoms with van der Waals surface area (Å²) in [6.45, 7) is 2.63. The van der Waals surface area contributed by atoms with Gasteiger partial charge in [-0.3, -0.25) is 14.5 Å². The number of morpholine rings is 1. The Kier molecular flexibility index (Phi) is 5.74. The highest BCUT2D eigenvalue weighted by molar-refractivity contribution is 5.94. The lowest BCUT2D eigenvalue weighted by Gasteiger charge is -2.53. The van der Waals surface area contributed by atoms with Crippen molar-refractivity contribution < 1.29 is 32.2 Å². The Balaban J connectivity index is 1.53. The van der Waals surface area contributed by atoms with Gasteiger partial charge >= 0.3 is 6.18 Å². The van der Waals surface area contributed by atoms with Crippen LogP contribution in [0.1, 0.15) is 16.1 Å². The summed E-state index contributed by atoms with van der Waals surface area (Å²) in [6, 6.07) is 6.75. The van der Waals surface area contributed by atoms with Crippen LogP contribution >= 0.6 is 0 Å². The second kappa shape index (κ2) is 8.23. The van der Waals surface area contributed by atoms with Crippen molar-refractivity contribution in [1.29, 1.82) is 0 Å². The van der Waals surface area contributed by atoms with E-state index in [0.717, 1.165) is 6.07 Å². The molecule has 0 aliphatic carbocycles. The van der Waals surface area contributed by atoms with E-state index in [1.165, 1.54) is 24.3 Å². The lowest BCUT2D eigenvalue weighted by molar-refractivity contribution is -0.210. The van der Waals surface area contributed by atoms with Gasteiger partial charge in [-0.05, 0) is 30.8 Å². The predicted octanol–water partition coefficient (Wildman–Crippen LogP) is 1.64. The van der Waals surface area contributed by atoms with E-state index in [1.54, 1.807) is 4.98 Å². The average Bonchev–Trinajstić information content (AvgIpc) is 2.71. The van der Waals surface area contributed by atoms with E-state index in [-0.39, 0.29) is 22.7 Å². The molecule has 8 nitrogen and oxygen atoms in total. The van der Waals surface area contributed by atoms with Gasteiger partial charge in [0.15, 0.2) is 0 Å². The number of aromatic amines is 1. The molecule has 2 fully saturated rings. The molecule has 32 heavy (non-hydrogen) atoms. The number of H-pyrrole nitrogens is 1. The largest absolute Gasteiger partial charge is 0.492 e. The van der Waals surface area contributed by atoms with Crippen molar-refractivity contribution in [2.75, 3.05) is 40.1 Å². The Morgan fingerprint density at radius 1 is 1.25 bits per heavy atom. The highest BCUT2D eigenvalue weighted by Crippen LogP contribution is 2.36. The molecule has 1 aromatic carbocycles. The number of aromatic nitrogens is 1. The second-order valence-corrected chi connectivity index (χ2v) is 8.00. The van der Waals surface area contributed by atoms with Crippen molar-refractivity contribution in [3.05, 3.63) is 51.9 Å². The van der Waals surface area contributed by atoms with Crippen molar-refractivity contribution in [2.45, 2.75) is 17.8 Å². The molecule has 2 aromatic rings. The summed E-state index contributed by atoms with van der Waals surface area (Å²) in [5.41, 5.74) is 1.77. The van der Waals surface area contributed by atoms with E-state index >= 15 is 0 Å². The van der Waals surface area contributed by atoms with Gasteiger partial charge in [0, 0.05) is 5.56 Å². The molecule has 1 aromatic heterocycles. The number of alkyl halides is 3. The summed E-state index contributed by atoms with van der Waals surface area (Å²) in [4.78, 5) is 27.2. The number of nitrogens with zero attached hydrogens (tertiary/aromatic N) is 1. The van der Waals surface area contributed by atoms with Gasteiger partial charge in [-0.2, -0.15) is 13.2 Å². The van der Waals surface area contributed by atoms with Crippen molar-refractivity contribution in [2.24, 2.45) is 5.73 Å². The molecular formula is C21H22F3N3O5. The van der Waals surface area contributed by atoms with Crippen LogP contribution in [-0.4, -0.2) is 67.5 Å². The highest BCUT2D eigenvalue weighted by Gasteiger charge is 2.48. The van der Waals surface area contributed by atoms with Gasteiger partial charge in [0.05, 0.1) is 38.0 Å². The number of rotatable bonds is 5. The molecule has 1 atom stereocenters. The zero-order valence-electron chi connectivity index (χ0n) is 17.2. The van der Waals surface area contributed by atoms with E-state index in [2.05, 4.69) is 4.90 Å². The topological polar surface area (TPSA) is 107 Å². The molecule has 2 saturated heterocycles. The molecule has 1 spiro atoms. The van der Waals surface area contributed by atoms with Crippen LogP contribution in [0, 0.1) is 0 Å². The van der Waals surface area contributed by atoms with Gasteiger partial charge in [-0.25, -0.2) is 0 Å². The number of nitrogens with two attached hydrogens (primary N) is 1. The zero-order valence-corrected chi connectivity index (χ0v) is 17.2. The number of halogens is 3. The van der Waals surface area contributed by atoms with Crippen molar-refractivity contribution in [1.82, 2.24) is 9.88 Å². The van der Waals surface area contributed by atoms with Crippen LogP contribution in [-0.2, 0) is 15.7 Å². The Morgan fingerprint density at radius 2 is 1.91 bits per heavy atom. The molecule has 2 aliphatic heterocycles. The molecular weight excluding hydrogens is 431 g/mol. The first-order valence-electron chi connectivity index (χ1n) is 9.87. The summed E-state index contributed by atoms with van der Waals surface area (Å²) in [7, 11) is 1.99. The maximum atomic E-state index is 13.4. The van der Waals surface area contributed by atoms with Crippen molar-refractivity contribution in [3.63, 3.8) is 0 Å². The summed E-state index contributed by atoms with van der Waals surface area (Å²) < 4.78 is 57.2. The molecule has 0 saturated carbocycles. The molecule has 0 bridgehead atoms. The van der Waals surface area contributed by atoms with Gasteiger partial charge in [0.25, 0.3) is 11.5 Å². The molecule has 2 aliphatic rings. The maximum Gasteiger partial charge on any atom is 0.431 e. The van der Waals surface area contributed by atoms with Crippen LogP contribution in [0.2, 0.25) is 0 Å². The van der Waals surface area contributed by atoms with Crippen LogP contribution in [0.4, 0.5) is 13.2 Å². The molecule has 3 heterocycles. The fraction of sp³-hybridized carbons (Fsp3) is 0.429. The van der Waals surface area contributed by atoms with Gasteiger partial charge in [0.2, 0.25) is 0 Å². The Bertz CT molecular complexity index is 1060. The van der Waals surface area contributed by atoms with Gasteiger partial charge in [0.1, 0.15) is 23.6 Å². The minimum atomic E-state index is -4.83. The van der Waals surface area contributed by atoms with Gasteiger partial charge < -0.3 is 24.9 Å². The number of primary amides is 1. The number of carbonyl (C=O) groups is 1. The van der Waals surface area contributed by atoms with Gasteiger partial charge in [-0.15, -0.1) is 0 Å². The number of hydrogen-bond donors (Lipinski definition) is 2. The third-order valence-corrected chi connectivity index (χ3v) is 5.92. The summed E-state index contributed by atoms with van der Waals surface area (Å²) in [5, 5.41) is 0. The Hall–Kier alpha value is -2.89. The fourth-order valence-electron chi connectivity index (χ4n) is 3.86. The number of amides is 1. The van der Waals surface area contributed by atoms with E-state index in [0.29, 0.717) is 38.8 Å². The predicted molar refractivity (Wildman–Crippen MR) is 107 cm³/mol. The van der Waals surface area contributed by atoms with Crippen LogP contribution in [0.5, 0.6) is 5.75 Å². The summed E-state index contributed by atoms with van der Waals surface area (Å²) in [6.07, 6.45) is -4.83. The highest BCUT2D eigenvalue weighted by atomic mass is 19.4. The number of pyridine rings is 1. The van der Waals surface area contributed by atoms with E-state index in [4.69, 9.17) is 19.9 Å². The molecule has 172 valence electrons. The molecule has 3 N–H and O–H groups in total. The fourth-order valence-corrected chi connectivity index (χ4v) is 3.86. The number of ether oxygens (including phenoxy) is 3. The molecule has 1 unspecified atom stereocenters. The van der Waals surface area contributed by atoms with Crippen LogP contribution < -0.4 is 16.0 Å². The quantitative estimate of drug-likeness (QED) is 0.713. The van der Waals surface area contributed by atoms with Crippen LogP contribution in [0.15, 0.2) is 35.1 Å². The number of carbonyl (C=O) groups excluding carboxylic acids is 1. The Morgan fingerprint density at radius 3 is 2.47 bits per heavy atom. The standard InChI is InChI=1S/C21H22F3N3O5/c1-27-13(7-30-9-20(27)10-31-11-20)8-32-14-4-2-12(3-5-14)15-6-16(18(25)28)19(29)26-17(15)21(22,23)24/h2-6,13H,7-11H2,1H3,(H2,25,28)(H,26,29). The first-order chi connectivity index (χ1) is 15.1. The van der Waals surface area contributed by atoms with Crippen LogP contribution in [0.25, 0.3) is 11.1 Å². The second-order valence-electron chi connectivity index (χ2n) is 8.00. The Labute approximate surface area is 181 Å². The normalized spacial score (nSPS) is 20.7. The lowest BCUT2D eigenvalue weighted by Crippen LogP contribution is -2.70. The minimum Gasteiger partial charge on any atom is -0.492 e. The SMILES string of the molecule is CN1C(COc2ccc(-c3cc(C(N)=O)c(=O)[nH]c3C(F)(F)F)cc2)COCC12COC2. The number of benzene rings is 1. The summed E-state index contributed by atoms with van der Waals surface area (Å²) in [5.74, 6) is -0.658. The number of nitrogens with one attached hydrogen (secondary N) is 1. The third kappa shape index (κ3) is 4.10. The van der Waals surface area contributed by atoms with Crippen molar-refractivity contribution >= 4 is 5.91 Å². The van der Waals surface area contributed by atoms with Gasteiger partial charge in [-0.1, -0.05) is 12.1 Å². The lowest BCUT2D eigenvalue weighted by atomic mass is 9.93. The average molecular weight is 453 g/mol. The molecule has 0 radical (unpaired) electrons. The van der Waals surface area contributed by atoms with E-state index in [1.807, 2.05) is 7.05 Å². The molecule has 11 heteroatoms. The molecule has 4 rings (SSSR count). The first-order valence-corrected chi connectivity index (χ1v) is 9.87. The van der Waals surface area contributed by atoms with Crippen LogP contribution in [0.3, 0.4) is 0 Å². The minimum absolute atomic E-state index is 0.00137. The molecule has 1 amide bonds. The first kappa shape index (κ1) is 22.3. The number of likely N-dealkylation sites (N-methyl/N-ethyl adjacent to an activating group) is 1. The smallest absolute Gasteiger partial charge is 0.431 e.